The molecule has 0 aliphatic carbocycles. The highest BCUT2D eigenvalue weighted by atomic mass is 32.2. The van der Waals surface area contributed by atoms with Gasteiger partial charge in [-0.1, -0.05) is 12.1 Å². The van der Waals surface area contributed by atoms with Gasteiger partial charge < -0.3 is 5.11 Å². The van der Waals surface area contributed by atoms with Crippen molar-refractivity contribution in [2.75, 3.05) is 13.2 Å². The summed E-state index contributed by atoms with van der Waals surface area (Å²) >= 11 is 0. The minimum absolute atomic E-state index is 0.00934. The average Bonchev–Trinajstić information content (AvgIpc) is 2.35. The topological polar surface area (TPSA) is 79.3 Å². The molecule has 0 aliphatic heterocycles. The molecule has 6 heteroatoms. The van der Waals surface area contributed by atoms with Gasteiger partial charge in [-0.15, -0.1) is 0 Å². The van der Waals surface area contributed by atoms with Gasteiger partial charge in [0.1, 0.15) is 4.90 Å². The first-order valence-electron chi connectivity index (χ1n) is 5.50. The van der Waals surface area contributed by atoms with Crippen molar-refractivity contribution < 1.29 is 13.5 Å². The second-order valence-electron chi connectivity index (χ2n) is 3.96. The largest absolute Gasteiger partial charge is 0.395 e. The van der Waals surface area contributed by atoms with Gasteiger partial charge in [0.2, 0.25) is 10.0 Å². The highest BCUT2D eigenvalue weighted by Crippen LogP contribution is 2.21. The van der Waals surface area contributed by atoms with Crippen molar-refractivity contribution in [3.63, 3.8) is 0 Å². The minimum Gasteiger partial charge on any atom is -0.395 e. The summed E-state index contributed by atoms with van der Waals surface area (Å²) in [7, 11) is -3.63. The number of benzene rings is 1. The number of aryl methyl sites for hydroxylation is 1. The summed E-state index contributed by atoms with van der Waals surface area (Å²) in [6.07, 6.45) is 1.63. The number of para-hydroxylation sites is 1. The number of aliphatic hydroxyl groups is 1. The molecule has 0 aliphatic rings. The summed E-state index contributed by atoms with van der Waals surface area (Å²) in [5.41, 5.74) is 1.41. The van der Waals surface area contributed by atoms with Gasteiger partial charge in [-0.2, -0.15) is 0 Å². The highest BCUT2D eigenvalue weighted by Gasteiger charge is 2.17. The molecule has 0 fully saturated rings. The first kappa shape index (κ1) is 12.9. The molecular formula is C12H14N2O3S. The molecule has 0 radical (unpaired) electrons. The predicted molar refractivity (Wildman–Crippen MR) is 68.8 cm³/mol. The molecule has 0 amide bonds. The maximum absolute atomic E-state index is 12.0. The number of pyridine rings is 1. The average molecular weight is 266 g/mol. The minimum atomic E-state index is -3.63. The standard InChI is InChI=1S/C12H14N2O3S/c1-9-7-10-3-2-4-11(12(10)13-8-9)18(16,17)14-5-6-15/h2-4,7-8,14-15H,5-6H2,1H3. The number of hydrogen-bond acceptors (Lipinski definition) is 4. The monoisotopic (exact) mass is 266 g/mol. The molecule has 18 heavy (non-hydrogen) atoms. The second-order valence-corrected chi connectivity index (χ2v) is 5.70. The molecule has 96 valence electrons. The number of aliphatic hydroxyl groups excluding tert-OH is 1. The molecule has 0 unspecified atom stereocenters. The Balaban J connectivity index is 2.58. The van der Waals surface area contributed by atoms with Crippen LogP contribution in [0, 0.1) is 6.92 Å². The number of sulfonamides is 1. The number of aromatic nitrogens is 1. The van der Waals surface area contributed by atoms with E-state index in [2.05, 4.69) is 9.71 Å². The first-order valence-corrected chi connectivity index (χ1v) is 6.99. The molecule has 0 spiro atoms. The summed E-state index contributed by atoms with van der Waals surface area (Å²) in [5, 5.41) is 9.46. The lowest BCUT2D eigenvalue weighted by Gasteiger charge is -2.08. The number of rotatable bonds is 4. The van der Waals surface area contributed by atoms with E-state index in [1.165, 1.54) is 6.07 Å². The van der Waals surface area contributed by atoms with Gasteiger partial charge in [0, 0.05) is 18.1 Å². The van der Waals surface area contributed by atoms with Crippen molar-refractivity contribution in [2.45, 2.75) is 11.8 Å². The Bertz CT molecular complexity index is 668. The zero-order chi connectivity index (χ0) is 13.2. The van der Waals surface area contributed by atoms with E-state index in [1.54, 1.807) is 12.3 Å². The first-order chi connectivity index (χ1) is 8.54. The molecular weight excluding hydrogens is 252 g/mol. The van der Waals surface area contributed by atoms with Crippen LogP contribution < -0.4 is 4.72 Å². The van der Waals surface area contributed by atoms with Crippen LogP contribution in [0.25, 0.3) is 10.9 Å². The van der Waals surface area contributed by atoms with E-state index in [9.17, 15) is 8.42 Å². The van der Waals surface area contributed by atoms with E-state index in [4.69, 9.17) is 5.11 Å². The molecule has 0 atom stereocenters. The van der Waals surface area contributed by atoms with Crippen LogP contribution in [0.1, 0.15) is 5.56 Å². The summed E-state index contributed by atoms with van der Waals surface area (Å²) in [6.45, 7) is 1.65. The molecule has 1 aromatic carbocycles. The Kier molecular flexibility index (Phi) is 3.60. The smallest absolute Gasteiger partial charge is 0.242 e. The van der Waals surface area contributed by atoms with Crippen LogP contribution in [-0.2, 0) is 10.0 Å². The Hall–Kier alpha value is -1.50. The van der Waals surface area contributed by atoms with E-state index in [0.29, 0.717) is 5.52 Å². The van der Waals surface area contributed by atoms with Crippen molar-refractivity contribution in [3.05, 3.63) is 36.0 Å². The van der Waals surface area contributed by atoms with Crippen LogP contribution in [0.5, 0.6) is 0 Å². The summed E-state index contributed by atoms with van der Waals surface area (Å²) < 4.78 is 26.4. The molecule has 2 aromatic rings. The fourth-order valence-corrected chi connectivity index (χ4v) is 2.92. The maximum Gasteiger partial charge on any atom is 0.242 e. The van der Waals surface area contributed by atoms with E-state index >= 15 is 0 Å². The van der Waals surface area contributed by atoms with Crippen LogP contribution in [0.3, 0.4) is 0 Å². The Morgan fingerprint density at radius 1 is 1.39 bits per heavy atom. The lowest BCUT2D eigenvalue weighted by molar-refractivity contribution is 0.301. The third kappa shape index (κ3) is 2.50. The Morgan fingerprint density at radius 3 is 2.89 bits per heavy atom. The molecule has 0 saturated carbocycles. The van der Waals surface area contributed by atoms with E-state index in [1.807, 2.05) is 19.1 Å². The second kappa shape index (κ2) is 5.01. The van der Waals surface area contributed by atoms with Crippen molar-refractivity contribution in [2.24, 2.45) is 0 Å². The summed E-state index contributed by atoms with van der Waals surface area (Å²) in [4.78, 5) is 4.31. The van der Waals surface area contributed by atoms with Crippen LogP contribution in [0.2, 0.25) is 0 Å². The lowest BCUT2D eigenvalue weighted by atomic mass is 10.2. The van der Waals surface area contributed by atoms with E-state index in [-0.39, 0.29) is 18.0 Å². The van der Waals surface area contributed by atoms with Gasteiger partial charge in [-0.3, -0.25) is 4.98 Å². The SMILES string of the molecule is Cc1cnc2c(S(=O)(=O)NCCO)cccc2c1. The highest BCUT2D eigenvalue weighted by molar-refractivity contribution is 7.89. The number of nitrogens with zero attached hydrogens (tertiary/aromatic N) is 1. The van der Waals surface area contributed by atoms with Crippen molar-refractivity contribution in [3.8, 4) is 0 Å². The lowest BCUT2D eigenvalue weighted by Crippen LogP contribution is -2.26. The predicted octanol–water partition coefficient (Wildman–Crippen LogP) is 0.814. The molecule has 2 N–H and O–H groups in total. The van der Waals surface area contributed by atoms with Crippen LogP contribution >= 0.6 is 0 Å². The van der Waals surface area contributed by atoms with Crippen LogP contribution in [-0.4, -0.2) is 31.7 Å². The third-order valence-electron chi connectivity index (χ3n) is 2.50. The summed E-state index contributed by atoms with van der Waals surface area (Å²) in [5.74, 6) is 0. The zero-order valence-electron chi connectivity index (χ0n) is 9.92. The fraction of sp³-hybridized carbons (Fsp3) is 0.250. The molecule has 2 rings (SSSR count). The number of fused-ring (bicyclic) bond motifs is 1. The molecule has 0 bridgehead atoms. The van der Waals surface area contributed by atoms with E-state index < -0.39 is 10.0 Å². The van der Waals surface area contributed by atoms with Crippen molar-refractivity contribution >= 4 is 20.9 Å². The molecule has 5 nitrogen and oxygen atoms in total. The molecule has 1 heterocycles. The van der Waals surface area contributed by atoms with Gasteiger partial charge in [0.25, 0.3) is 0 Å². The van der Waals surface area contributed by atoms with Gasteiger partial charge in [0.05, 0.1) is 12.1 Å². The van der Waals surface area contributed by atoms with Crippen molar-refractivity contribution in [1.82, 2.24) is 9.71 Å². The fourth-order valence-electron chi connectivity index (χ4n) is 1.72. The Labute approximate surface area is 106 Å². The zero-order valence-corrected chi connectivity index (χ0v) is 10.7. The van der Waals surface area contributed by atoms with Gasteiger partial charge in [-0.25, -0.2) is 13.1 Å². The quantitative estimate of drug-likeness (QED) is 0.858. The third-order valence-corrected chi connectivity index (χ3v) is 4.00. The van der Waals surface area contributed by atoms with Gasteiger partial charge in [-0.05, 0) is 24.6 Å². The normalized spacial score (nSPS) is 11.9. The molecule has 0 saturated heterocycles. The van der Waals surface area contributed by atoms with Crippen LogP contribution in [0.15, 0.2) is 35.4 Å². The number of nitrogens with one attached hydrogen (secondary N) is 1. The number of hydrogen-bond donors (Lipinski definition) is 2. The maximum atomic E-state index is 12.0. The van der Waals surface area contributed by atoms with Gasteiger partial charge in [0.15, 0.2) is 0 Å². The van der Waals surface area contributed by atoms with Gasteiger partial charge >= 0.3 is 0 Å². The Morgan fingerprint density at radius 2 is 2.17 bits per heavy atom. The molecule has 1 aromatic heterocycles. The van der Waals surface area contributed by atoms with Crippen LogP contribution in [0.4, 0.5) is 0 Å². The van der Waals surface area contributed by atoms with E-state index in [0.717, 1.165) is 10.9 Å². The van der Waals surface area contributed by atoms with Crippen molar-refractivity contribution in [1.29, 1.82) is 0 Å². The summed E-state index contributed by atoms with van der Waals surface area (Å²) in [6, 6.07) is 6.88.